The largest absolute Gasteiger partial charge is 0.207 e. The van der Waals surface area contributed by atoms with E-state index in [9.17, 15) is 4.39 Å². The number of rotatable bonds is 2. The standard InChI is InChI=1S/C15H15F/c1-15(2,12-7-4-3-5-8-12)13-9-6-10-14(16)11-13/h3-11H,1-2H3. The van der Waals surface area contributed by atoms with Gasteiger partial charge in [-0.15, -0.1) is 0 Å². The van der Waals surface area contributed by atoms with Crippen LogP contribution in [-0.2, 0) is 5.41 Å². The highest BCUT2D eigenvalue weighted by Crippen LogP contribution is 2.31. The average Bonchev–Trinajstić information content (AvgIpc) is 2.30. The van der Waals surface area contributed by atoms with Crippen molar-refractivity contribution in [1.29, 1.82) is 0 Å². The highest BCUT2D eigenvalue weighted by molar-refractivity contribution is 5.37. The minimum Gasteiger partial charge on any atom is -0.207 e. The lowest BCUT2D eigenvalue weighted by Crippen LogP contribution is -2.18. The number of halogens is 1. The molecule has 82 valence electrons. The fourth-order valence-electron chi connectivity index (χ4n) is 1.90. The van der Waals surface area contributed by atoms with Crippen LogP contribution in [0, 0.1) is 5.82 Å². The molecule has 0 aliphatic carbocycles. The van der Waals surface area contributed by atoms with Crippen LogP contribution in [-0.4, -0.2) is 0 Å². The van der Waals surface area contributed by atoms with Gasteiger partial charge >= 0.3 is 0 Å². The van der Waals surface area contributed by atoms with Crippen LogP contribution in [0.3, 0.4) is 0 Å². The highest BCUT2D eigenvalue weighted by Gasteiger charge is 2.22. The van der Waals surface area contributed by atoms with Crippen molar-refractivity contribution in [3.63, 3.8) is 0 Å². The second-order valence-corrected chi connectivity index (χ2v) is 4.50. The van der Waals surface area contributed by atoms with Gasteiger partial charge in [-0.3, -0.25) is 0 Å². The zero-order valence-corrected chi connectivity index (χ0v) is 9.57. The zero-order valence-electron chi connectivity index (χ0n) is 9.57. The van der Waals surface area contributed by atoms with Crippen molar-refractivity contribution >= 4 is 0 Å². The molecule has 2 aromatic carbocycles. The summed E-state index contributed by atoms with van der Waals surface area (Å²) in [6.07, 6.45) is 0. The summed E-state index contributed by atoms with van der Waals surface area (Å²) in [5.74, 6) is -0.179. The van der Waals surface area contributed by atoms with Crippen LogP contribution in [0.4, 0.5) is 4.39 Å². The Hall–Kier alpha value is -1.63. The Morgan fingerprint density at radius 3 is 2.06 bits per heavy atom. The SMILES string of the molecule is CC(C)(c1ccccc1)c1cccc(F)c1. The van der Waals surface area contributed by atoms with Crippen LogP contribution >= 0.6 is 0 Å². The summed E-state index contributed by atoms with van der Waals surface area (Å²) in [7, 11) is 0. The molecule has 0 N–H and O–H groups in total. The molecule has 0 bridgehead atoms. The predicted octanol–water partition coefficient (Wildman–Crippen LogP) is 4.15. The molecular formula is C15H15F. The average molecular weight is 214 g/mol. The van der Waals surface area contributed by atoms with Crippen molar-refractivity contribution in [2.75, 3.05) is 0 Å². The lowest BCUT2D eigenvalue weighted by atomic mass is 9.78. The van der Waals surface area contributed by atoms with Gasteiger partial charge < -0.3 is 0 Å². The Kier molecular flexibility index (Phi) is 2.78. The van der Waals surface area contributed by atoms with Crippen LogP contribution in [0.2, 0.25) is 0 Å². The van der Waals surface area contributed by atoms with Crippen LogP contribution < -0.4 is 0 Å². The van der Waals surface area contributed by atoms with E-state index < -0.39 is 0 Å². The third-order valence-electron chi connectivity index (χ3n) is 3.04. The van der Waals surface area contributed by atoms with Gasteiger partial charge in [0.15, 0.2) is 0 Å². The molecule has 0 unspecified atom stereocenters. The van der Waals surface area contributed by atoms with Crippen LogP contribution in [0.15, 0.2) is 54.6 Å². The van der Waals surface area contributed by atoms with E-state index in [1.54, 1.807) is 12.1 Å². The Labute approximate surface area is 95.7 Å². The molecular weight excluding hydrogens is 199 g/mol. The first kappa shape index (κ1) is 10.9. The third kappa shape index (κ3) is 1.99. The zero-order chi connectivity index (χ0) is 11.6. The molecule has 0 amide bonds. The molecule has 2 rings (SSSR count). The van der Waals surface area contributed by atoms with Crippen molar-refractivity contribution in [3.05, 3.63) is 71.5 Å². The highest BCUT2D eigenvalue weighted by atomic mass is 19.1. The van der Waals surface area contributed by atoms with E-state index in [0.717, 1.165) is 5.56 Å². The van der Waals surface area contributed by atoms with Crippen molar-refractivity contribution in [2.24, 2.45) is 0 Å². The van der Waals surface area contributed by atoms with E-state index in [0.29, 0.717) is 0 Å². The topological polar surface area (TPSA) is 0 Å². The summed E-state index contributed by atoms with van der Waals surface area (Å²) in [6, 6.07) is 17.0. The summed E-state index contributed by atoms with van der Waals surface area (Å²) < 4.78 is 13.2. The molecule has 0 aromatic heterocycles. The number of hydrogen-bond acceptors (Lipinski definition) is 0. The van der Waals surface area contributed by atoms with Crippen LogP contribution in [0.5, 0.6) is 0 Å². The maximum absolute atomic E-state index is 13.2. The molecule has 0 aliphatic heterocycles. The second kappa shape index (κ2) is 4.09. The Morgan fingerprint density at radius 2 is 1.44 bits per heavy atom. The summed E-state index contributed by atoms with van der Waals surface area (Å²) in [5.41, 5.74) is 2.03. The van der Waals surface area contributed by atoms with Gasteiger partial charge in [0, 0.05) is 5.41 Å². The normalized spacial score (nSPS) is 11.4. The van der Waals surface area contributed by atoms with E-state index in [-0.39, 0.29) is 11.2 Å². The van der Waals surface area contributed by atoms with Gasteiger partial charge in [0.1, 0.15) is 5.82 Å². The van der Waals surface area contributed by atoms with Gasteiger partial charge in [-0.2, -0.15) is 0 Å². The molecule has 0 radical (unpaired) electrons. The maximum atomic E-state index is 13.2. The van der Waals surface area contributed by atoms with E-state index >= 15 is 0 Å². The maximum Gasteiger partial charge on any atom is 0.123 e. The van der Waals surface area contributed by atoms with Gasteiger partial charge in [0.2, 0.25) is 0 Å². The van der Waals surface area contributed by atoms with E-state index in [1.165, 1.54) is 11.6 Å². The smallest absolute Gasteiger partial charge is 0.123 e. The number of hydrogen-bond donors (Lipinski definition) is 0. The van der Waals surface area contributed by atoms with E-state index in [1.807, 2.05) is 24.3 Å². The molecule has 0 fully saturated rings. The first-order chi connectivity index (χ1) is 7.60. The first-order valence-corrected chi connectivity index (χ1v) is 5.42. The van der Waals surface area contributed by atoms with Crippen LogP contribution in [0.1, 0.15) is 25.0 Å². The molecule has 0 atom stereocenters. The molecule has 0 spiro atoms. The lowest BCUT2D eigenvalue weighted by Gasteiger charge is -2.26. The van der Waals surface area contributed by atoms with E-state index in [4.69, 9.17) is 0 Å². The summed E-state index contributed by atoms with van der Waals surface area (Å²) in [6.45, 7) is 4.22. The van der Waals surface area contributed by atoms with Crippen molar-refractivity contribution in [1.82, 2.24) is 0 Å². The second-order valence-electron chi connectivity index (χ2n) is 4.50. The van der Waals surface area contributed by atoms with Gasteiger partial charge in [-0.1, -0.05) is 56.3 Å². The fourth-order valence-corrected chi connectivity index (χ4v) is 1.90. The number of benzene rings is 2. The van der Waals surface area contributed by atoms with Gasteiger partial charge in [0.25, 0.3) is 0 Å². The molecule has 0 saturated heterocycles. The summed E-state index contributed by atoms with van der Waals surface area (Å²) >= 11 is 0. The monoisotopic (exact) mass is 214 g/mol. The van der Waals surface area contributed by atoms with Gasteiger partial charge in [0.05, 0.1) is 0 Å². The molecule has 0 saturated carbocycles. The third-order valence-corrected chi connectivity index (χ3v) is 3.04. The molecule has 0 heterocycles. The first-order valence-electron chi connectivity index (χ1n) is 5.42. The van der Waals surface area contributed by atoms with Gasteiger partial charge in [-0.05, 0) is 23.3 Å². The quantitative estimate of drug-likeness (QED) is 0.704. The summed E-state index contributed by atoms with van der Waals surface area (Å²) in [5, 5.41) is 0. The Balaban J connectivity index is 2.47. The molecule has 1 heteroatoms. The Bertz CT molecular complexity index is 472. The van der Waals surface area contributed by atoms with Crippen molar-refractivity contribution in [2.45, 2.75) is 19.3 Å². The van der Waals surface area contributed by atoms with Gasteiger partial charge in [-0.25, -0.2) is 4.39 Å². The Morgan fingerprint density at radius 1 is 0.812 bits per heavy atom. The van der Waals surface area contributed by atoms with Crippen molar-refractivity contribution < 1.29 is 4.39 Å². The van der Waals surface area contributed by atoms with Crippen LogP contribution in [0.25, 0.3) is 0 Å². The minimum atomic E-state index is -0.179. The van der Waals surface area contributed by atoms with Crippen molar-refractivity contribution in [3.8, 4) is 0 Å². The molecule has 0 nitrogen and oxygen atoms in total. The molecule has 16 heavy (non-hydrogen) atoms. The fraction of sp³-hybridized carbons (Fsp3) is 0.200. The lowest BCUT2D eigenvalue weighted by molar-refractivity contribution is 0.601. The van der Waals surface area contributed by atoms with E-state index in [2.05, 4.69) is 26.0 Å². The minimum absolute atomic E-state index is 0.163. The molecule has 0 aliphatic rings. The molecule has 2 aromatic rings. The predicted molar refractivity (Wildman–Crippen MR) is 65.0 cm³/mol. The summed E-state index contributed by atoms with van der Waals surface area (Å²) in [4.78, 5) is 0.